The summed E-state index contributed by atoms with van der Waals surface area (Å²) in [6, 6.07) is 0.630. The Morgan fingerprint density at radius 3 is 2.06 bits per heavy atom. The second kappa shape index (κ2) is 13.7. The van der Waals surface area contributed by atoms with Crippen molar-refractivity contribution < 1.29 is 0 Å². The van der Waals surface area contributed by atoms with E-state index in [9.17, 15) is 0 Å². The van der Waals surface area contributed by atoms with E-state index in [1.165, 1.54) is 50.3 Å². The largest absolute Gasteiger partial charge is 0.317 e. The molecule has 0 aromatic carbocycles. The highest BCUT2D eigenvalue weighted by Gasteiger charge is 1.95. The normalized spacial score (nSPS) is 11.7. The molecule has 18 heavy (non-hydrogen) atoms. The van der Waals surface area contributed by atoms with Crippen LogP contribution >= 0.6 is 11.8 Å². The van der Waals surface area contributed by atoms with Crippen LogP contribution in [0.3, 0.4) is 0 Å². The Morgan fingerprint density at radius 2 is 1.44 bits per heavy atom. The lowest BCUT2D eigenvalue weighted by Crippen LogP contribution is -2.24. The summed E-state index contributed by atoms with van der Waals surface area (Å²) in [5.41, 5.74) is 0. The van der Waals surface area contributed by atoms with E-state index in [0.717, 1.165) is 12.5 Å². The van der Waals surface area contributed by atoms with Gasteiger partial charge in [0.1, 0.15) is 0 Å². The van der Waals surface area contributed by atoms with Crippen LogP contribution in [0.2, 0.25) is 0 Å². The summed E-state index contributed by atoms with van der Waals surface area (Å²) in [7, 11) is 0. The number of nitrogens with one attached hydrogen (secondary N) is 2. The monoisotopic (exact) mass is 274 g/mol. The van der Waals surface area contributed by atoms with E-state index in [0.29, 0.717) is 6.04 Å². The summed E-state index contributed by atoms with van der Waals surface area (Å²) < 4.78 is 0. The van der Waals surface area contributed by atoms with Gasteiger partial charge in [-0.2, -0.15) is 11.8 Å². The molecule has 0 aromatic rings. The zero-order chi connectivity index (χ0) is 13.6. The number of hydrogen-bond donors (Lipinski definition) is 2. The average Bonchev–Trinajstić information content (AvgIpc) is 2.29. The van der Waals surface area contributed by atoms with Gasteiger partial charge in [0.25, 0.3) is 0 Å². The molecule has 0 saturated heterocycles. The Kier molecular flexibility index (Phi) is 13.9. The van der Waals surface area contributed by atoms with Crippen molar-refractivity contribution in [3.05, 3.63) is 0 Å². The van der Waals surface area contributed by atoms with Gasteiger partial charge in [-0.25, -0.2) is 0 Å². The van der Waals surface area contributed by atoms with Crippen molar-refractivity contribution in [1.29, 1.82) is 0 Å². The highest BCUT2D eigenvalue weighted by atomic mass is 32.2. The van der Waals surface area contributed by atoms with E-state index < -0.39 is 0 Å². The fraction of sp³-hybridized carbons (Fsp3) is 1.00. The Labute approximate surface area is 119 Å². The van der Waals surface area contributed by atoms with Crippen molar-refractivity contribution in [1.82, 2.24) is 10.6 Å². The predicted octanol–water partition coefficient (Wildman–Crippen LogP) is 3.52. The summed E-state index contributed by atoms with van der Waals surface area (Å²) in [5.74, 6) is 3.45. The highest BCUT2D eigenvalue weighted by Crippen LogP contribution is 2.04. The Morgan fingerprint density at radius 1 is 0.833 bits per heavy atom. The van der Waals surface area contributed by atoms with Crippen LogP contribution in [0.5, 0.6) is 0 Å². The molecule has 0 rings (SSSR count). The molecular formula is C15H34N2S. The highest BCUT2D eigenvalue weighted by molar-refractivity contribution is 7.99. The summed E-state index contributed by atoms with van der Waals surface area (Å²) in [4.78, 5) is 0. The van der Waals surface area contributed by atoms with E-state index in [1.807, 2.05) is 0 Å². The van der Waals surface area contributed by atoms with Crippen molar-refractivity contribution in [3.8, 4) is 0 Å². The van der Waals surface area contributed by atoms with Crippen molar-refractivity contribution in [2.24, 2.45) is 5.92 Å². The van der Waals surface area contributed by atoms with Crippen LogP contribution in [-0.4, -0.2) is 37.2 Å². The first-order valence-electron chi connectivity index (χ1n) is 7.64. The molecule has 3 heteroatoms. The molecule has 0 spiro atoms. The quantitative estimate of drug-likeness (QED) is 0.503. The van der Waals surface area contributed by atoms with Crippen LogP contribution in [0, 0.1) is 5.92 Å². The minimum absolute atomic E-state index is 0.630. The van der Waals surface area contributed by atoms with Gasteiger partial charge in [-0.05, 0) is 62.7 Å². The molecule has 0 radical (unpaired) electrons. The molecule has 0 unspecified atom stereocenters. The minimum atomic E-state index is 0.630. The molecule has 110 valence electrons. The molecule has 0 bridgehead atoms. The molecule has 0 fully saturated rings. The van der Waals surface area contributed by atoms with Crippen LogP contribution < -0.4 is 10.6 Å². The van der Waals surface area contributed by atoms with Crippen LogP contribution in [0.25, 0.3) is 0 Å². The molecule has 0 aromatic heterocycles. The zero-order valence-electron chi connectivity index (χ0n) is 12.9. The van der Waals surface area contributed by atoms with Crippen molar-refractivity contribution in [3.63, 3.8) is 0 Å². The third kappa shape index (κ3) is 16.3. The smallest absolute Gasteiger partial charge is 0.00103 e. The molecular weight excluding hydrogens is 240 g/mol. The summed E-state index contributed by atoms with van der Waals surface area (Å²) >= 11 is 2.09. The first kappa shape index (κ1) is 18.3. The standard InChI is InChI=1S/C15H34N2S/c1-14(2)8-5-9-16-10-6-12-18-13-7-11-17-15(3)4/h14-17H,5-13H2,1-4H3. The Balaban J connectivity index is 2.95. The maximum Gasteiger partial charge on any atom is 0.00103 e. The van der Waals surface area contributed by atoms with Gasteiger partial charge in [-0.3, -0.25) is 0 Å². The van der Waals surface area contributed by atoms with Crippen molar-refractivity contribution in [2.75, 3.05) is 31.1 Å². The van der Waals surface area contributed by atoms with Gasteiger partial charge in [0.15, 0.2) is 0 Å². The Bertz CT molecular complexity index is 143. The maximum atomic E-state index is 3.53. The van der Waals surface area contributed by atoms with Crippen LogP contribution in [0.4, 0.5) is 0 Å². The first-order valence-corrected chi connectivity index (χ1v) is 8.80. The average molecular weight is 275 g/mol. The fourth-order valence-electron chi connectivity index (χ4n) is 1.73. The molecule has 0 aliphatic rings. The third-order valence-electron chi connectivity index (χ3n) is 2.80. The van der Waals surface area contributed by atoms with E-state index in [1.54, 1.807) is 0 Å². The summed E-state index contributed by atoms with van der Waals surface area (Å²) in [6.07, 6.45) is 5.28. The van der Waals surface area contributed by atoms with E-state index in [-0.39, 0.29) is 0 Å². The van der Waals surface area contributed by atoms with Gasteiger partial charge < -0.3 is 10.6 Å². The Hall–Kier alpha value is 0.270. The molecule has 0 aliphatic carbocycles. The third-order valence-corrected chi connectivity index (χ3v) is 3.95. The zero-order valence-corrected chi connectivity index (χ0v) is 13.7. The lowest BCUT2D eigenvalue weighted by atomic mass is 10.1. The summed E-state index contributed by atoms with van der Waals surface area (Å²) in [6.45, 7) is 12.6. The van der Waals surface area contributed by atoms with E-state index in [2.05, 4.69) is 50.1 Å². The maximum absolute atomic E-state index is 3.53. The number of thioether (sulfide) groups is 1. The van der Waals surface area contributed by atoms with Gasteiger partial charge in [-0.1, -0.05) is 27.7 Å². The van der Waals surface area contributed by atoms with Gasteiger partial charge in [0.2, 0.25) is 0 Å². The molecule has 0 atom stereocenters. The molecule has 0 amide bonds. The second-order valence-electron chi connectivity index (χ2n) is 5.71. The van der Waals surface area contributed by atoms with Gasteiger partial charge >= 0.3 is 0 Å². The minimum Gasteiger partial charge on any atom is -0.317 e. The van der Waals surface area contributed by atoms with Gasteiger partial charge in [-0.15, -0.1) is 0 Å². The predicted molar refractivity (Wildman–Crippen MR) is 86.6 cm³/mol. The number of hydrogen-bond acceptors (Lipinski definition) is 3. The molecule has 0 heterocycles. The summed E-state index contributed by atoms with van der Waals surface area (Å²) in [5, 5.41) is 6.99. The van der Waals surface area contributed by atoms with Crippen molar-refractivity contribution >= 4 is 11.8 Å². The van der Waals surface area contributed by atoms with E-state index in [4.69, 9.17) is 0 Å². The van der Waals surface area contributed by atoms with Crippen LogP contribution in [0.1, 0.15) is 53.4 Å². The van der Waals surface area contributed by atoms with E-state index >= 15 is 0 Å². The van der Waals surface area contributed by atoms with Crippen LogP contribution in [0.15, 0.2) is 0 Å². The lowest BCUT2D eigenvalue weighted by molar-refractivity contribution is 0.527. The molecule has 0 aliphatic heterocycles. The van der Waals surface area contributed by atoms with Crippen LogP contribution in [-0.2, 0) is 0 Å². The fourth-order valence-corrected chi connectivity index (χ4v) is 2.63. The van der Waals surface area contributed by atoms with Gasteiger partial charge in [0.05, 0.1) is 0 Å². The molecule has 0 saturated carbocycles. The SMILES string of the molecule is CC(C)CCCNCCCSCCCNC(C)C. The first-order chi connectivity index (χ1) is 8.63. The topological polar surface area (TPSA) is 24.1 Å². The number of rotatable bonds is 13. The molecule has 2 nitrogen and oxygen atoms in total. The van der Waals surface area contributed by atoms with Gasteiger partial charge in [0, 0.05) is 6.04 Å². The van der Waals surface area contributed by atoms with Crippen molar-refractivity contribution in [2.45, 2.75) is 59.4 Å². The second-order valence-corrected chi connectivity index (χ2v) is 6.94. The molecule has 2 N–H and O–H groups in total. The lowest BCUT2D eigenvalue weighted by Gasteiger charge is -2.08.